The smallest absolute Gasteiger partial charge is 0.254 e. The summed E-state index contributed by atoms with van der Waals surface area (Å²) >= 11 is 0. The largest absolute Gasteiger partial charge is 0.514 e. The van der Waals surface area contributed by atoms with Gasteiger partial charge in [-0.25, -0.2) is 9.78 Å². The van der Waals surface area contributed by atoms with E-state index in [1.54, 1.807) is 0 Å². The van der Waals surface area contributed by atoms with Crippen LogP contribution in [0.2, 0.25) is 0 Å². The summed E-state index contributed by atoms with van der Waals surface area (Å²) in [5.41, 5.74) is 0. The number of carbonyl (C=O) groups is 1. The van der Waals surface area contributed by atoms with E-state index in [4.69, 9.17) is 0 Å². The Hall–Kier alpha value is -1.07. The molecular weight excluding hydrogens is 176 g/mol. The Morgan fingerprint density at radius 2 is 2.38 bits per heavy atom. The monoisotopic (exact) mass is 189 g/mol. The summed E-state index contributed by atoms with van der Waals surface area (Å²) in [6, 6.07) is 0. The van der Waals surface area contributed by atoms with Crippen molar-refractivity contribution in [3.63, 3.8) is 0 Å². The second-order valence-electron chi connectivity index (χ2n) is 2.24. The van der Waals surface area contributed by atoms with Gasteiger partial charge in [-0.05, 0) is 12.5 Å². The van der Waals surface area contributed by atoms with Crippen LogP contribution in [0.1, 0.15) is 19.8 Å². The normalized spacial score (nSPS) is 12.1. The van der Waals surface area contributed by atoms with Crippen molar-refractivity contribution in [2.45, 2.75) is 26.1 Å². The lowest BCUT2D eigenvalue weighted by atomic mass is 10.4. The molecule has 0 heterocycles. The molecule has 5 nitrogen and oxygen atoms in total. The molecule has 76 valence electrons. The van der Waals surface area contributed by atoms with E-state index < -0.39 is 12.4 Å². The van der Waals surface area contributed by atoms with Crippen LogP contribution in [-0.4, -0.2) is 19.1 Å². The Morgan fingerprint density at radius 1 is 1.69 bits per heavy atom. The number of hydrogen-bond acceptors (Lipinski definition) is 5. The van der Waals surface area contributed by atoms with E-state index in [1.807, 2.05) is 6.92 Å². The van der Waals surface area contributed by atoms with Crippen molar-refractivity contribution in [3.05, 3.63) is 12.7 Å². The molecule has 1 atom stereocenters. The first-order chi connectivity index (χ1) is 6.20. The molecule has 0 fully saturated rings. The molecule has 0 aliphatic rings. The molecule has 13 heavy (non-hydrogen) atoms. The maximum absolute atomic E-state index is 9.94. The van der Waals surface area contributed by atoms with Crippen molar-refractivity contribution in [2.75, 3.05) is 6.61 Å². The quantitative estimate of drug-likeness (QED) is 0.146. The van der Waals surface area contributed by atoms with Crippen molar-refractivity contribution in [1.82, 2.24) is 0 Å². The minimum atomic E-state index is -1.68. The van der Waals surface area contributed by atoms with Crippen LogP contribution < -0.4 is 5.11 Å². The predicted octanol–water partition coefficient (Wildman–Crippen LogP) is 0.607. The predicted molar refractivity (Wildman–Crippen MR) is 42.4 cm³/mol. The zero-order valence-electron chi connectivity index (χ0n) is 7.52. The van der Waals surface area contributed by atoms with Crippen LogP contribution in [-0.2, 0) is 14.5 Å². The molecule has 0 rings (SSSR count). The number of hydrogen-bond donors (Lipinski definition) is 0. The van der Waals surface area contributed by atoms with Crippen molar-refractivity contribution in [3.8, 4) is 0 Å². The molecule has 0 saturated heterocycles. The summed E-state index contributed by atoms with van der Waals surface area (Å²) < 4.78 is 4.12. The minimum absolute atomic E-state index is 0.386. The van der Waals surface area contributed by atoms with Gasteiger partial charge in [0.05, 0.1) is 6.61 Å². The first-order valence-corrected chi connectivity index (χ1v) is 3.99. The molecule has 0 aliphatic carbocycles. The topological polar surface area (TPSA) is 67.8 Å². The van der Waals surface area contributed by atoms with Crippen molar-refractivity contribution >= 4 is 6.16 Å². The van der Waals surface area contributed by atoms with Crippen LogP contribution in [0.25, 0.3) is 0 Å². The zero-order chi connectivity index (χ0) is 10.1. The van der Waals surface area contributed by atoms with E-state index >= 15 is 0 Å². The summed E-state index contributed by atoms with van der Waals surface area (Å²) in [5, 5.41) is 9.94. The summed E-state index contributed by atoms with van der Waals surface area (Å²) in [7, 11) is 0. The zero-order valence-corrected chi connectivity index (χ0v) is 7.52. The molecule has 5 heteroatoms. The summed E-state index contributed by atoms with van der Waals surface area (Å²) in [6.45, 7) is 5.67. The average Bonchev–Trinajstić information content (AvgIpc) is 2.09. The molecule has 0 aromatic carbocycles. The number of unbranched alkanes of at least 4 members (excludes halogenated alkanes) is 1. The molecule has 0 radical (unpaired) electrons. The fourth-order valence-electron chi connectivity index (χ4n) is 0.520. The Bertz CT molecular complexity index is 157. The van der Waals surface area contributed by atoms with Gasteiger partial charge in [0.1, 0.15) is 0 Å². The van der Waals surface area contributed by atoms with E-state index in [0.717, 1.165) is 18.9 Å². The second kappa shape index (κ2) is 7.57. The third kappa shape index (κ3) is 7.30. The van der Waals surface area contributed by atoms with Gasteiger partial charge in [-0.15, -0.1) is 0 Å². The first-order valence-electron chi connectivity index (χ1n) is 3.99. The SMILES string of the molecule is C=CC(OOCCCC)OC(=O)[O-]. The standard InChI is InChI=1S/C8H14O5/c1-3-5-6-11-13-7(4-2)12-8(9)10/h4,7H,2-3,5-6H2,1H3,(H,9,10)/p-1. The van der Waals surface area contributed by atoms with Gasteiger partial charge in [0.2, 0.25) is 0 Å². The van der Waals surface area contributed by atoms with Crippen LogP contribution in [0.4, 0.5) is 4.79 Å². The average molecular weight is 189 g/mol. The highest BCUT2D eigenvalue weighted by molar-refractivity contribution is 5.54. The van der Waals surface area contributed by atoms with Crippen LogP contribution in [0.3, 0.4) is 0 Å². The van der Waals surface area contributed by atoms with Gasteiger partial charge in [0.15, 0.2) is 6.29 Å². The van der Waals surface area contributed by atoms with Gasteiger partial charge < -0.3 is 14.6 Å². The molecule has 0 aromatic rings. The fraction of sp³-hybridized carbons (Fsp3) is 0.625. The van der Waals surface area contributed by atoms with E-state index in [-0.39, 0.29) is 0 Å². The maximum atomic E-state index is 9.94. The highest BCUT2D eigenvalue weighted by Gasteiger charge is 2.02. The van der Waals surface area contributed by atoms with Crippen LogP contribution in [0.5, 0.6) is 0 Å². The Morgan fingerprint density at radius 3 is 2.85 bits per heavy atom. The summed E-state index contributed by atoms with van der Waals surface area (Å²) in [4.78, 5) is 19.1. The molecule has 1 unspecified atom stereocenters. The van der Waals surface area contributed by atoms with Crippen molar-refractivity contribution in [1.29, 1.82) is 0 Å². The van der Waals surface area contributed by atoms with Gasteiger partial charge in [0.25, 0.3) is 6.16 Å². The molecule has 0 N–H and O–H groups in total. The minimum Gasteiger partial charge on any atom is -0.514 e. The molecule has 0 saturated carbocycles. The third-order valence-electron chi connectivity index (χ3n) is 1.15. The lowest BCUT2D eigenvalue weighted by Gasteiger charge is -2.16. The van der Waals surface area contributed by atoms with Gasteiger partial charge in [-0.2, -0.15) is 0 Å². The lowest BCUT2D eigenvalue weighted by Crippen LogP contribution is -2.29. The lowest BCUT2D eigenvalue weighted by molar-refractivity contribution is -0.376. The Kier molecular flexibility index (Phi) is 6.95. The molecule has 0 spiro atoms. The second-order valence-corrected chi connectivity index (χ2v) is 2.24. The van der Waals surface area contributed by atoms with Gasteiger partial charge >= 0.3 is 0 Å². The van der Waals surface area contributed by atoms with Gasteiger partial charge in [0, 0.05) is 0 Å². The van der Waals surface area contributed by atoms with E-state index in [0.29, 0.717) is 6.61 Å². The fourth-order valence-corrected chi connectivity index (χ4v) is 0.520. The maximum Gasteiger partial charge on any atom is 0.254 e. The van der Waals surface area contributed by atoms with Crippen LogP contribution in [0, 0.1) is 0 Å². The molecule has 0 amide bonds. The number of carboxylic acid groups (broad SMARTS) is 1. The highest BCUT2D eigenvalue weighted by Crippen LogP contribution is 1.98. The van der Waals surface area contributed by atoms with Gasteiger partial charge in [-0.1, -0.05) is 19.9 Å². The number of ether oxygens (including phenoxy) is 1. The van der Waals surface area contributed by atoms with Crippen molar-refractivity contribution < 1.29 is 24.4 Å². The number of rotatable bonds is 7. The molecular formula is C8H13O5-. The Labute approximate surface area is 76.8 Å². The molecule has 0 bridgehead atoms. The van der Waals surface area contributed by atoms with Crippen molar-refractivity contribution in [2.24, 2.45) is 0 Å². The van der Waals surface area contributed by atoms with E-state index in [9.17, 15) is 9.90 Å². The first kappa shape index (κ1) is 11.9. The van der Waals surface area contributed by atoms with Crippen LogP contribution >= 0.6 is 0 Å². The van der Waals surface area contributed by atoms with Gasteiger partial charge in [-0.3, -0.25) is 0 Å². The number of carbonyl (C=O) groups excluding carboxylic acids is 1. The van der Waals surface area contributed by atoms with E-state index in [1.165, 1.54) is 0 Å². The molecule has 0 aliphatic heterocycles. The summed E-state index contributed by atoms with van der Waals surface area (Å²) in [6.07, 6.45) is 0.145. The molecule has 0 aromatic heterocycles. The van der Waals surface area contributed by atoms with Crippen LogP contribution in [0.15, 0.2) is 12.7 Å². The Balaban J connectivity index is 3.48. The third-order valence-corrected chi connectivity index (χ3v) is 1.15. The summed E-state index contributed by atoms with van der Waals surface area (Å²) in [5.74, 6) is 0. The van der Waals surface area contributed by atoms with E-state index in [2.05, 4.69) is 21.1 Å². The highest BCUT2D eigenvalue weighted by atomic mass is 17.2.